The van der Waals surface area contributed by atoms with Gasteiger partial charge in [0.2, 0.25) is 11.8 Å². The number of hydrogen-bond acceptors (Lipinski definition) is 2. The average molecular weight is 200 g/mol. The number of carbonyl (C=O) groups excluding carboxylic acids is 2. The van der Waals surface area contributed by atoms with Gasteiger partial charge in [0.25, 0.3) is 0 Å². The fraction of sp³-hybridized carbons (Fsp3) is 0.800. The molecule has 0 aromatic heterocycles. The van der Waals surface area contributed by atoms with E-state index in [2.05, 4.69) is 10.6 Å². The summed E-state index contributed by atoms with van der Waals surface area (Å²) >= 11 is 0. The summed E-state index contributed by atoms with van der Waals surface area (Å²) in [6.45, 7) is 7.92. The van der Waals surface area contributed by atoms with Gasteiger partial charge in [-0.25, -0.2) is 0 Å². The van der Waals surface area contributed by atoms with Crippen molar-refractivity contribution >= 4 is 11.8 Å². The van der Waals surface area contributed by atoms with Gasteiger partial charge in [-0.05, 0) is 19.3 Å². The fourth-order valence-corrected chi connectivity index (χ4v) is 1.25. The first kappa shape index (κ1) is 12.9. The number of hydrogen-bond donors (Lipinski definition) is 2. The van der Waals surface area contributed by atoms with Crippen molar-refractivity contribution < 1.29 is 9.59 Å². The monoisotopic (exact) mass is 200 g/mol. The maximum absolute atomic E-state index is 11.5. The molecule has 0 aromatic carbocycles. The van der Waals surface area contributed by atoms with E-state index >= 15 is 0 Å². The predicted octanol–water partition coefficient (Wildman–Crippen LogP) is 0.673. The molecule has 0 bridgehead atoms. The Kier molecular flexibility index (Phi) is 5.92. The molecule has 0 aliphatic rings. The van der Waals surface area contributed by atoms with Crippen LogP contribution in [0.4, 0.5) is 0 Å². The molecule has 0 saturated carbocycles. The number of amides is 2. The van der Waals surface area contributed by atoms with Gasteiger partial charge in [-0.15, -0.1) is 0 Å². The first-order chi connectivity index (χ1) is 6.47. The van der Waals surface area contributed by atoms with Crippen LogP contribution in [0.2, 0.25) is 0 Å². The zero-order valence-electron chi connectivity index (χ0n) is 9.39. The van der Waals surface area contributed by atoms with Gasteiger partial charge in [0.1, 0.15) is 6.04 Å². The predicted molar refractivity (Wildman–Crippen MR) is 55.7 cm³/mol. The Bertz CT molecular complexity index is 202. The highest BCUT2D eigenvalue weighted by Gasteiger charge is 2.19. The molecule has 0 unspecified atom stereocenters. The molecule has 0 spiro atoms. The molecule has 0 aromatic rings. The van der Waals surface area contributed by atoms with E-state index in [1.807, 2.05) is 20.8 Å². The van der Waals surface area contributed by atoms with Crippen LogP contribution in [-0.2, 0) is 9.59 Å². The summed E-state index contributed by atoms with van der Waals surface area (Å²) < 4.78 is 0. The Morgan fingerprint density at radius 1 is 1.29 bits per heavy atom. The molecule has 4 heteroatoms. The zero-order valence-corrected chi connectivity index (χ0v) is 9.39. The Balaban J connectivity index is 4.22. The van der Waals surface area contributed by atoms with Crippen LogP contribution in [0.15, 0.2) is 0 Å². The van der Waals surface area contributed by atoms with Crippen LogP contribution in [-0.4, -0.2) is 24.4 Å². The van der Waals surface area contributed by atoms with E-state index in [1.54, 1.807) is 0 Å². The van der Waals surface area contributed by atoms with Gasteiger partial charge in [-0.3, -0.25) is 9.59 Å². The summed E-state index contributed by atoms with van der Waals surface area (Å²) in [5, 5.41) is 5.35. The van der Waals surface area contributed by atoms with Gasteiger partial charge in [0.05, 0.1) is 0 Å². The second-order valence-corrected chi connectivity index (χ2v) is 3.78. The van der Waals surface area contributed by atoms with Crippen molar-refractivity contribution in [2.45, 2.75) is 40.2 Å². The third-order valence-electron chi connectivity index (χ3n) is 1.75. The zero-order chi connectivity index (χ0) is 11.1. The van der Waals surface area contributed by atoms with Gasteiger partial charge in [0, 0.05) is 13.5 Å². The SMILES string of the molecule is CCNC(=O)[C@H](CC(C)C)NC(C)=O. The van der Waals surface area contributed by atoms with E-state index in [4.69, 9.17) is 0 Å². The molecule has 0 aliphatic carbocycles. The molecule has 14 heavy (non-hydrogen) atoms. The molecular weight excluding hydrogens is 180 g/mol. The van der Waals surface area contributed by atoms with Gasteiger partial charge in [-0.2, -0.15) is 0 Å². The molecule has 1 atom stereocenters. The third-order valence-corrected chi connectivity index (χ3v) is 1.75. The summed E-state index contributed by atoms with van der Waals surface area (Å²) in [6.07, 6.45) is 0.672. The van der Waals surface area contributed by atoms with Crippen molar-refractivity contribution in [2.75, 3.05) is 6.54 Å². The number of carbonyl (C=O) groups is 2. The van der Waals surface area contributed by atoms with Crippen LogP contribution in [0.1, 0.15) is 34.1 Å². The van der Waals surface area contributed by atoms with Crippen molar-refractivity contribution in [1.82, 2.24) is 10.6 Å². The molecule has 0 rings (SSSR count). The lowest BCUT2D eigenvalue weighted by molar-refractivity contribution is -0.128. The number of rotatable bonds is 5. The fourth-order valence-electron chi connectivity index (χ4n) is 1.25. The topological polar surface area (TPSA) is 58.2 Å². The number of nitrogens with one attached hydrogen (secondary N) is 2. The van der Waals surface area contributed by atoms with Gasteiger partial charge in [0.15, 0.2) is 0 Å². The van der Waals surface area contributed by atoms with Crippen LogP contribution in [0.3, 0.4) is 0 Å². The maximum Gasteiger partial charge on any atom is 0.242 e. The molecule has 0 saturated heterocycles. The molecule has 0 radical (unpaired) electrons. The molecule has 0 aliphatic heterocycles. The molecule has 82 valence electrons. The van der Waals surface area contributed by atoms with E-state index in [0.717, 1.165) is 0 Å². The van der Waals surface area contributed by atoms with Crippen LogP contribution in [0, 0.1) is 5.92 Å². The highest BCUT2D eigenvalue weighted by atomic mass is 16.2. The Morgan fingerprint density at radius 3 is 2.21 bits per heavy atom. The van der Waals surface area contributed by atoms with Gasteiger partial charge in [-0.1, -0.05) is 13.8 Å². The summed E-state index contributed by atoms with van der Waals surface area (Å²) in [7, 11) is 0. The molecule has 0 fully saturated rings. The normalized spacial score (nSPS) is 12.4. The Labute approximate surface area is 85.4 Å². The van der Waals surface area contributed by atoms with Crippen molar-refractivity contribution in [2.24, 2.45) is 5.92 Å². The molecule has 2 N–H and O–H groups in total. The van der Waals surface area contributed by atoms with Crippen molar-refractivity contribution in [1.29, 1.82) is 0 Å². The lowest BCUT2D eigenvalue weighted by atomic mass is 10.0. The van der Waals surface area contributed by atoms with Gasteiger partial charge >= 0.3 is 0 Å². The minimum Gasteiger partial charge on any atom is -0.355 e. The smallest absolute Gasteiger partial charge is 0.242 e. The summed E-state index contributed by atoms with van der Waals surface area (Å²) in [5.74, 6) is 0.118. The van der Waals surface area contributed by atoms with Gasteiger partial charge < -0.3 is 10.6 Å². The summed E-state index contributed by atoms with van der Waals surface area (Å²) in [5.41, 5.74) is 0. The summed E-state index contributed by atoms with van der Waals surface area (Å²) in [6, 6.07) is -0.396. The molecular formula is C10H20N2O2. The second kappa shape index (κ2) is 6.40. The second-order valence-electron chi connectivity index (χ2n) is 3.78. The highest BCUT2D eigenvalue weighted by molar-refractivity contribution is 5.86. The van der Waals surface area contributed by atoms with Crippen molar-refractivity contribution in [3.63, 3.8) is 0 Å². The van der Waals surface area contributed by atoms with Crippen LogP contribution < -0.4 is 10.6 Å². The molecule has 0 heterocycles. The Hall–Kier alpha value is -1.06. The number of likely N-dealkylation sites (N-methyl/N-ethyl adjacent to an activating group) is 1. The highest BCUT2D eigenvalue weighted by Crippen LogP contribution is 2.04. The first-order valence-corrected chi connectivity index (χ1v) is 5.02. The van der Waals surface area contributed by atoms with Crippen LogP contribution in [0.5, 0.6) is 0 Å². The van der Waals surface area contributed by atoms with Crippen LogP contribution >= 0.6 is 0 Å². The quantitative estimate of drug-likeness (QED) is 0.685. The molecule has 4 nitrogen and oxygen atoms in total. The molecule has 2 amide bonds. The van der Waals surface area contributed by atoms with E-state index in [9.17, 15) is 9.59 Å². The minimum atomic E-state index is -0.396. The van der Waals surface area contributed by atoms with E-state index < -0.39 is 6.04 Å². The van der Waals surface area contributed by atoms with E-state index in [1.165, 1.54) is 6.92 Å². The van der Waals surface area contributed by atoms with E-state index in [0.29, 0.717) is 18.9 Å². The van der Waals surface area contributed by atoms with Crippen LogP contribution in [0.25, 0.3) is 0 Å². The summed E-state index contributed by atoms with van der Waals surface area (Å²) in [4.78, 5) is 22.3. The largest absolute Gasteiger partial charge is 0.355 e. The Morgan fingerprint density at radius 2 is 1.86 bits per heavy atom. The van der Waals surface area contributed by atoms with Crippen molar-refractivity contribution in [3.8, 4) is 0 Å². The maximum atomic E-state index is 11.5. The minimum absolute atomic E-state index is 0.101. The van der Waals surface area contributed by atoms with Crippen molar-refractivity contribution in [3.05, 3.63) is 0 Å². The lowest BCUT2D eigenvalue weighted by Gasteiger charge is -2.18. The first-order valence-electron chi connectivity index (χ1n) is 5.02. The van der Waals surface area contributed by atoms with E-state index in [-0.39, 0.29) is 11.8 Å². The standard InChI is InChI=1S/C10H20N2O2/c1-5-11-10(14)9(6-7(2)3)12-8(4)13/h7,9H,5-6H2,1-4H3,(H,11,14)(H,12,13)/t9-/m0/s1. The lowest BCUT2D eigenvalue weighted by Crippen LogP contribution is -2.46. The average Bonchev–Trinajstić information content (AvgIpc) is 2.01. The third kappa shape index (κ3) is 5.56.